The fraction of sp³-hybridized carbons (Fsp3) is 0.800. The number of hydrogen-bond donors (Lipinski definition) is 0. The molecule has 0 spiro atoms. The summed E-state index contributed by atoms with van der Waals surface area (Å²) in [4.78, 5) is 2.26. The molecule has 0 aromatic rings. The van der Waals surface area contributed by atoms with Crippen LogP contribution in [0.15, 0.2) is 12.3 Å². The number of nitrogens with zero attached hydrogens (tertiary/aromatic N) is 1. The van der Waals surface area contributed by atoms with E-state index < -0.39 is 8.07 Å². The van der Waals surface area contributed by atoms with Crippen molar-refractivity contribution in [2.75, 3.05) is 20.6 Å². The van der Waals surface area contributed by atoms with E-state index in [1.54, 1.807) is 0 Å². The molecular formula is C10H23NSi. The van der Waals surface area contributed by atoms with Gasteiger partial charge in [-0.2, -0.15) is 0 Å². The fourth-order valence-electron chi connectivity index (χ4n) is 1.22. The van der Waals surface area contributed by atoms with Crippen molar-refractivity contribution in [2.24, 2.45) is 0 Å². The van der Waals surface area contributed by atoms with Crippen LogP contribution in [0.5, 0.6) is 0 Å². The molecule has 0 aromatic carbocycles. The highest BCUT2D eigenvalue weighted by molar-refractivity contribution is 6.83. The van der Waals surface area contributed by atoms with E-state index >= 15 is 0 Å². The minimum atomic E-state index is -1.03. The van der Waals surface area contributed by atoms with Crippen LogP contribution in [0.3, 0.4) is 0 Å². The lowest BCUT2D eigenvalue weighted by Crippen LogP contribution is -2.27. The van der Waals surface area contributed by atoms with Gasteiger partial charge in [-0.1, -0.05) is 25.6 Å². The molecule has 0 saturated heterocycles. The topological polar surface area (TPSA) is 3.24 Å². The fourth-order valence-corrected chi connectivity index (χ4v) is 3.03. The van der Waals surface area contributed by atoms with Crippen molar-refractivity contribution in [3.8, 4) is 0 Å². The second-order valence-electron chi connectivity index (χ2n) is 4.12. The normalized spacial score (nSPS) is 16.1. The Morgan fingerprint density at radius 2 is 2.00 bits per heavy atom. The first kappa shape index (κ1) is 11.9. The van der Waals surface area contributed by atoms with Crippen molar-refractivity contribution in [3.63, 3.8) is 0 Å². The predicted octanol–water partition coefficient (Wildman–Crippen LogP) is 2.76. The Labute approximate surface area is 78.5 Å². The zero-order valence-corrected chi connectivity index (χ0v) is 10.1. The van der Waals surface area contributed by atoms with Gasteiger partial charge in [0.1, 0.15) is 0 Å². The van der Waals surface area contributed by atoms with E-state index in [1.807, 2.05) is 0 Å². The lowest BCUT2D eigenvalue weighted by atomic mass is 10.5. The summed E-state index contributed by atoms with van der Waals surface area (Å²) >= 11 is 0. The number of rotatable bonds is 6. The minimum Gasteiger partial charge on any atom is -0.309 e. The Bertz CT molecular complexity index is 134. The third-order valence-corrected chi connectivity index (χ3v) is 6.75. The van der Waals surface area contributed by atoms with Gasteiger partial charge in [-0.05, 0) is 27.1 Å². The van der Waals surface area contributed by atoms with Crippen LogP contribution in [0.25, 0.3) is 0 Å². The molecule has 0 saturated carbocycles. The lowest BCUT2D eigenvalue weighted by molar-refractivity contribution is 0.407. The van der Waals surface area contributed by atoms with Gasteiger partial charge in [0.2, 0.25) is 0 Å². The van der Waals surface area contributed by atoms with Crippen LogP contribution >= 0.6 is 0 Å². The molecule has 72 valence electrons. The number of hydrogen-bond acceptors (Lipinski definition) is 1. The lowest BCUT2D eigenvalue weighted by Gasteiger charge is -2.22. The summed E-state index contributed by atoms with van der Waals surface area (Å²) in [7, 11) is 3.25. The van der Waals surface area contributed by atoms with E-state index in [1.165, 1.54) is 25.1 Å². The maximum Gasteiger partial charge on any atom is 0.0737 e. The SMILES string of the molecule is C=C[Si](C)(CC)CCCN(C)C. The van der Waals surface area contributed by atoms with Gasteiger partial charge in [0.05, 0.1) is 8.07 Å². The van der Waals surface area contributed by atoms with Crippen molar-refractivity contribution >= 4 is 8.07 Å². The summed E-state index contributed by atoms with van der Waals surface area (Å²) < 4.78 is 0. The van der Waals surface area contributed by atoms with Crippen LogP contribution in [0.2, 0.25) is 18.6 Å². The van der Waals surface area contributed by atoms with Crippen molar-refractivity contribution < 1.29 is 0 Å². The smallest absolute Gasteiger partial charge is 0.0737 e. The van der Waals surface area contributed by atoms with Crippen LogP contribution in [0.4, 0.5) is 0 Å². The van der Waals surface area contributed by atoms with E-state index in [4.69, 9.17) is 0 Å². The van der Waals surface area contributed by atoms with Crippen molar-refractivity contribution in [1.82, 2.24) is 4.90 Å². The molecule has 0 radical (unpaired) electrons. The maximum atomic E-state index is 3.95. The molecular weight excluding hydrogens is 162 g/mol. The Morgan fingerprint density at radius 3 is 2.33 bits per heavy atom. The Hall–Kier alpha value is -0.0831. The summed E-state index contributed by atoms with van der Waals surface area (Å²) in [6, 6.07) is 2.73. The van der Waals surface area contributed by atoms with E-state index in [9.17, 15) is 0 Å². The molecule has 1 unspecified atom stereocenters. The largest absolute Gasteiger partial charge is 0.309 e. The summed E-state index contributed by atoms with van der Waals surface area (Å²) in [5.74, 6) is 0. The zero-order chi connectivity index (χ0) is 9.61. The highest BCUT2D eigenvalue weighted by atomic mass is 28.3. The highest BCUT2D eigenvalue weighted by Crippen LogP contribution is 2.17. The molecule has 0 rings (SSSR count). The van der Waals surface area contributed by atoms with E-state index in [-0.39, 0.29) is 0 Å². The predicted molar refractivity (Wildman–Crippen MR) is 60.3 cm³/mol. The molecule has 12 heavy (non-hydrogen) atoms. The quantitative estimate of drug-likeness (QED) is 0.575. The van der Waals surface area contributed by atoms with Gasteiger partial charge < -0.3 is 4.90 Å². The Morgan fingerprint density at radius 1 is 1.42 bits per heavy atom. The van der Waals surface area contributed by atoms with Gasteiger partial charge in [0, 0.05) is 0 Å². The van der Waals surface area contributed by atoms with Crippen molar-refractivity contribution in [3.05, 3.63) is 12.3 Å². The maximum absolute atomic E-state index is 3.95. The molecule has 0 aliphatic rings. The van der Waals surface area contributed by atoms with Crippen LogP contribution < -0.4 is 0 Å². The van der Waals surface area contributed by atoms with E-state index in [0.717, 1.165) is 0 Å². The molecule has 0 fully saturated rings. The van der Waals surface area contributed by atoms with Gasteiger partial charge in [-0.25, -0.2) is 0 Å². The average molecular weight is 185 g/mol. The molecule has 0 amide bonds. The summed E-state index contributed by atoms with van der Waals surface area (Å²) in [5, 5.41) is 0. The molecule has 0 bridgehead atoms. The van der Waals surface area contributed by atoms with Crippen LogP contribution in [-0.4, -0.2) is 33.6 Å². The monoisotopic (exact) mass is 185 g/mol. The molecule has 0 aromatic heterocycles. The molecule has 2 heteroatoms. The van der Waals surface area contributed by atoms with E-state index in [2.05, 4.69) is 44.7 Å². The van der Waals surface area contributed by atoms with E-state index in [0.29, 0.717) is 0 Å². The zero-order valence-electron chi connectivity index (χ0n) is 9.06. The molecule has 0 N–H and O–H groups in total. The second-order valence-corrected chi connectivity index (χ2v) is 9.04. The highest BCUT2D eigenvalue weighted by Gasteiger charge is 2.19. The van der Waals surface area contributed by atoms with Gasteiger partial charge in [0.15, 0.2) is 0 Å². The first-order chi connectivity index (χ1) is 5.54. The second kappa shape index (κ2) is 5.54. The van der Waals surface area contributed by atoms with Crippen molar-refractivity contribution in [1.29, 1.82) is 0 Å². The summed E-state index contributed by atoms with van der Waals surface area (Å²) in [5.41, 5.74) is 2.24. The molecule has 0 aliphatic heterocycles. The molecule has 0 heterocycles. The minimum absolute atomic E-state index is 1.03. The first-order valence-corrected chi connectivity index (χ1v) is 7.81. The molecule has 1 nitrogen and oxygen atoms in total. The standard InChI is InChI=1S/C10H23NSi/c1-6-12(5,7-2)10-8-9-11(3)4/h6H,1,7-10H2,2-5H3. The molecule has 1 atom stereocenters. The molecule has 0 aliphatic carbocycles. The van der Waals surface area contributed by atoms with Crippen LogP contribution in [0, 0.1) is 0 Å². The van der Waals surface area contributed by atoms with Gasteiger partial charge in [-0.3, -0.25) is 0 Å². The summed E-state index contributed by atoms with van der Waals surface area (Å²) in [6.07, 6.45) is 1.33. The van der Waals surface area contributed by atoms with Gasteiger partial charge in [-0.15, -0.1) is 12.3 Å². The Kier molecular flexibility index (Phi) is 5.50. The van der Waals surface area contributed by atoms with Crippen LogP contribution in [0.1, 0.15) is 13.3 Å². The van der Waals surface area contributed by atoms with Gasteiger partial charge in [0.25, 0.3) is 0 Å². The average Bonchev–Trinajstić information content (AvgIpc) is 2.03. The van der Waals surface area contributed by atoms with Crippen LogP contribution in [-0.2, 0) is 0 Å². The van der Waals surface area contributed by atoms with Gasteiger partial charge >= 0.3 is 0 Å². The third kappa shape index (κ3) is 4.73. The van der Waals surface area contributed by atoms with Crippen molar-refractivity contribution in [2.45, 2.75) is 32.0 Å². The summed E-state index contributed by atoms with van der Waals surface area (Å²) in [6.45, 7) is 9.89. The third-order valence-electron chi connectivity index (χ3n) is 2.65. The first-order valence-electron chi connectivity index (χ1n) is 4.82. The Balaban J connectivity index is 3.66.